The number of thioether (sulfide) groups is 1. The maximum Gasteiger partial charge on any atom is 0.123 e. The van der Waals surface area contributed by atoms with Crippen molar-refractivity contribution in [1.82, 2.24) is 4.98 Å². The van der Waals surface area contributed by atoms with Crippen LogP contribution in [0, 0.1) is 0 Å². The molecule has 0 fully saturated rings. The molecule has 0 aliphatic carbocycles. The zero-order chi connectivity index (χ0) is 16.0. The van der Waals surface area contributed by atoms with Crippen molar-refractivity contribution in [2.45, 2.75) is 37.3 Å². The summed E-state index contributed by atoms with van der Waals surface area (Å²) < 4.78 is 5.83. The number of rotatable bonds is 6. The van der Waals surface area contributed by atoms with Crippen LogP contribution in [0.1, 0.15) is 26.3 Å². The lowest BCUT2D eigenvalue weighted by molar-refractivity contribution is 0.125. The van der Waals surface area contributed by atoms with E-state index in [1.54, 1.807) is 6.20 Å². The lowest BCUT2D eigenvalue weighted by Crippen LogP contribution is -2.22. The topological polar surface area (TPSA) is 42.4 Å². The zero-order valence-electron chi connectivity index (χ0n) is 13.3. The van der Waals surface area contributed by atoms with Gasteiger partial charge in [0.1, 0.15) is 12.4 Å². The van der Waals surface area contributed by atoms with E-state index in [4.69, 9.17) is 4.74 Å². The molecule has 0 aliphatic heterocycles. The van der Waals surface area contributed by atoms with E-state index in [9.17, 15) is 5.11 Å². The van der Waals surface area contributed by atoms with Gasteiger partial charge in [0.15, 0.2) is 0 Å². The standard InChI is InChI=1S/C18H23NO2S/c1-18(2,3)15-8-4-5-9-16(15)21-12-14(20)13-22-17-10-6-7-11-19-17/h4-11,14,20H,12-13H2,1-3H3. The first-order valence-corrected chi connectivity index (χ1v) is 8.39. The molecule has 0 amide bonds. The summed E-state index contributed by atoms with van der Waals surface area (Å²) in [6.07, 6.45) is 1.23. The molecule has 2 rings (SSSR count). The fourth-order valence-electron chi connectivity index (χ4n) is 2.06. The van der Waals surface area contributed by atoms with Crippen LogP contribution in [0.2, 0.25) is 0 Å². The van der Waals surface area contributed by atoms with Crippen LogP contribution >= 0.6 is 11.8 Å². The summed E-state index contributed by atoms with van der Waals surface area (Å²) in [6, 6.07) is 13.8. The van der Waals surface area contributed by atoms with Crippen molar-refractivity contribution < 1.29 is 9.84 Å². The van der Waals surface area contributed by atoms with Crippen molar-refractivity contribution >= 4 is 11.8 Å². The Morgan fingerprint density at radius 1 is 1.14 bits per heavy atom. The van der Waals surface area contributed by atoms with E-state index in [1.165, 1.54) is 11.8 Å². The number of ether oxygens (including phenoxy) is 1. The number of hydrogen-bond donors (Lipinski definition) is 1. The molecule has 0 aliphatic rings. The molecule has 0 radical (unpaired) electrons. The Labute approximate surface area is 136 Å². The Hall–Kier alpha value is -1.52. The van der Waals surface area contributed by atoms with Gasteiger partial charge in [0, 0.05) is 11.9 Å². The Bertz CT molecular complexity index is 581. The smallest absolute Gasteiger partial charge is 0.123 e. The number of aromatic nitrogens is 1. The molecular weight excluding hydrogens is 294 g/mol. The van der Waals surface area contributed by atoms with E-state index in [2.05, 4.69) is 31.8 Å². The number of aliphatic hydroxyl groups is 1. The van der Waals surface area contributed by atoms with Crippen LogP contribution in [0.5, 0.6) is 5.75 Å². The summed E-state index contributed by atoms with van der Waals surface area (Å²) in [4.78, 5) is 4.23. The molecular formula is C18H23NO2S. The first kappa shape index (κ1) is 16.8. The molecule has 1 aromatic heterocycles. The van der Waals surface area contributed by atoms with Gasteiger partial charge in [0.05, 0.1) is 11.1 Å². The fraction of sp³-hybridized carbons (Fsp3) is 0.389. The van der Waals surface area contributed by atoms with Crippen LogP contribution in [0.25, 0.3) is 0 Å². The average molecular weight is 317 g/mol. The Kier molecular flexibility index (Phi) is 5.86. The van der Waals surface area contributed by atoms with Crippen LogP contribution in [0.15, 0.2) is 53.7 Å². The molecule has 1 heterocycles. The third-order valence-electron chi connectivity index (χ3n) is 3.19. The van der Waals surface area contributed by atoms with Crippen LogP contribution in [-0.2, 0) is 5.41 Å². The van der Waals surface area contributed by atoms with Gasteiger partial charge in [-0.2, -0.15) is 0 Å². The Morgan fingerprint density at radius 2 is 1.86 bits per heavy atom. The van der Waals surface area contributed by atoms with Gasteiger partial charge in [0.2, 0.25) is 0 Å². The van der Waals surface area contributed by atoms with Gasteiger partial charge >= 0.3 is 0 Å². The van der Waals surface area contributed by atoms with Gasteiger partial charge in [-0.15, -0.1) is 11.8 Å². The second kappa shape index (κ2) is 7.65. The number of para-hydroxylation sites is 1. The lowest BCUT2D eigenvalue weighted by Gasteiger charge is -2.23. The highest BCUT2D eigenvalue weighted by atomic mass is 32.2. The van der Waals surface area contributed by atoms with Gasteiger partial charge in [0.25, 0.3) is 0 Å². The first-order chi connectivity index (χ1) is 10.5. The summed E-state index contributed by atoms with van der Waals surface area (Å²) in [6.45, 7) is 6.75. The fourth-order valence-corrected chi connectivity index (χ4v) is 2.83. The number of aliphatic hydroxyl groups excluding tert-OH is 1. The third kappa shape index (κ3) is 5.04. The molecule has 1 atom stereocenters. The maximum absolute atomic E-state index is 10.1. The molecule has 118 valence electrons. The number of nitrogens with zero attached hydrogens (tertiary/aromatic N) is 1. The summed E-state index contributed by atoms with van der Waals surface area (Å²) in [7, 11) is 0. The van der Waals surface area contributed by atoms with Crippen molar-refractivity contribution in [2.24, 2.45) is 0 Å². The summed E-state index contributed by atoms with van der Waals surface area (Å²) in [5, 5.41) is 11.0. The first-order valence-electron chi connectivity index (χ1n) is 7.41. The average Bonchev–Trinajstić information content (AvgIpc) is 2.51. The van der Waals surface area contributed by atoms with Crippen molar-refractivity contribution in [3.8, 4) is 5.75 Å². The van der Waals surface area contributed by atoms with Crippen LogP contribution in [-0.4, -0.2) is 28.6 Å². The predicted molar refractivity (Wildman–Crippen MR) is 91.6 cm³/mol. The molecule has 2 aromatic rings. The van der Waals surface area contributed by atoms with E-state index in [0.29, 0.717) is 5.75 Å². The van der Waals surface area contributed by atoms with Gasteiger partial charge in [-0.05, 0) is 29.2 Å². The minimum Gasteiger partial charge on any atom is -0.491 e. The largest absolute Gasteiger partial charge is 0.491 e. The number of hydrogen-bond acceptors (Lipinski definition) is 4. The zero-order valence-corrected chi connectivity index (χ0v) is 14.1. The van der Waals surface area contributed by atoms with Crippen LogP contribution < -0.4 is 4.74 Å². The Morgan fingerprint density at radius 3 is 2.55 bits per heavy atom. The monoisotopic (exact) mass is 317 g/mol. The maximum atomic E-state index is 10.1. The molecule has 22 heavy (non-hydrogen) atoms. The second-order valence-corrected chi connectivity index (χ2v) is 7.23. The van der Waals surface area contributed by atoms with Gasteiger partial charge in [-0.1, -0.05) is 45.0 Å². The van der Waals surface area contributed by atoms with Gasteiger partial charge in [-0.25, -0.2) is 4.98 Å². The highest BCUT2D eigenvalue weighted by Crippen LogP contribution is 2.31. The lowest BCUT2D eigenvalue weighted by atomic mass is 9.86. The molecule has 0 saturated carbocycles. The summed E-state index contributed by atoms with van der Waals surface area (Å²) >= 11 is 1.53. The minimum absolute atomic E-state index is 0.0181. The Balaban J connectivity index is 1.88. The van der Waals surface area contributed by atoms with Gasteiger partial charge < -0.3 is 9.84 Å². The van der Waals surface area contributed by atoms with E-state index >= 15 is 0 Å². The van der Waals surface area contributed by atoms with Crippen molar-refractivity contribution in [1.29, 1.82) is 0 Å². The quantitative estimate of drug-likeness (QED) is 0.820. The highest BCUT2D eigenvalue weighted by molar-refractivity contribution is 7.99. The molecule has 0 spiro atoms. The predicted octanol–water partition coefficient (Wildman–Crippen LogP) is 3.91. The minimum atomic E-state index is -0.528. The third-order valence-corrected chi connectivity index (χ3v) is 4.28. The highest BCUT2D eigenvalue weighted by Gasteiger charge is 2.19. The molecule has 0 bridgehead atoms. The summed E-state index contributed by atoms with van der Waals surface area (Å²) in [5.74, 6) is 1.41. The molecule has 1 unspecified atom stereocenters. The molecule has 3 nitrogen and oxygen atoms in total. The molecule has 1 aromatic carbocycles. The van der Waals surface area contributed by atoms with Crippen molar-refractivity contribution in [3.05, 3.63) is 54.2 Å². The normalized spacial score (nSPS) is 12.9. The van der Waals surface area contributed by atoms with E-state index in [1.807, 2.05) is 36.4 Å². The number of benzene rings is 1. The SMILES string of the molecule is CC(C)(C)c1ccccc1OCC(O)CSc1ccccn1. The molecule has 1 N–H and O–H groups in total. The van der Waals surface area contributed by atoms with Gasteiger partial charge in [-0.3, -0.25) is 0 Å². The van der Waals surface area contributed by atoms with E-state index in [-0.39, 0.29) is 12.0 Å². The summed E-state index contributed by atoms with van der Waals surface area (Å²) in [5.41, 5.74) is 1.17. The number of pyridine rings is 1. The molecule has 4 heteroatoms. The molecule has 0 saturated heterocycles. The second-order valence-electron chi connectivity index (χ2n) is 6.19. The van der Waals surface area contributed by atoms with Crippen molar-refractivity contribution in [2.75, 3.05) is 12.4 Å². The van der Waals surface area contributed by atoms with Crippen molar-refractivity contribution in [3.63, 3.8) is 0 Å². The van der Waals surface area contributed by atoms with Crippen LogP contribution in [0.3, 0.4) is 0 Å². The van der Waals surface area contributed by atoms with E-state index in [0.717, 1.165) is 16.3 Å². The van der Waals surface area contributed by atoms with E-state index < -0.39 is 6.10 Å². The van der Waals surface area contributed by atoms with Crippen LogP contribution in [0.4, 0.5) is 0 Å².